The second-order valence-corrected chi connectivity index (χ2v) is 5.31. The summed E-state index contributed by atoms with van der Waals surface area (Å²) in [6.45, 7) is 1.90. The Balaban J connectivity index is 2.43. The standard InChI is InChI=1S/C19H17F2NO2/c1-2-24-19(23)11-15(14-8-9-17(20)18(21)10-14)16(12-22)13-6-4-3-5-7-13/h3-10,15-16H,2,11H2,1H3. The summed E-state index contributed by atoms with van der Waals surface area (Å²) in [5.41, 5.74) is 1.09. The van der Waals surface area contributed by atoms with Crippen molar-refractivity contribution in [3.63, 3.8) is 0 Å². The van der Waals surface area contributed by atoms with Gasteiger partial charge in [0.1, 0.15) is 0 Å². The predicted octanol–water partition coefficient (Wildman–Crippen LogP) is 4.31. The van der Waals surface area contributed by atoms with Gasteiger partial charge in [-0.3, -0.25) is 4.79 Å². The quantitative estimate of drug-likeness (QED) is 0.742. The fourth-order valence-corrected chi connectivity index (χ4v) is 2.63. The smallest absolute Gasteiger partial charge is 0.306 e. The first-order valence-corrected chi connectivity index (χ1v) is 7.62. The molecule has 0 N–H and O–H groups in total. The van der Waals surface area contributed by atoms with Crippen LogP contribution in [0.2, 0.25) is 0 Å². The van der Waals surface area contributed by atoms with E-state index in [4.69, 9.17) is 4.74 Å². The van der Waals surface area contributed by atoms with E-state index in [1.54, 1.807) is 31.2 Å². The first-order valence-electron chi connectivity index (χ1n) is 7.62. The number of benzene rings is 2. The molecule has 0 saturated carbocycles. The molecule has 2 atom stereocenters. The van der Waals surface area contributed by atoms with Crippen LogP contribution in [0.5, 0.6) is 0 Å². The Hall–Kier alpha value is -2.74. The fourth-order valence-electron chi connectivity index (χ4n) is 2.63. The van der Waals surface area contributed by atoms with Gasteiger partial charge < -0.3 is 4.74 Å². The molecule has 0 heterocycles. The number of carbonyl (C=O) groups is 1. The predicted molar refractivity (Wildman–Crippen MR) is 85.1 cm³/mol. The Bertz CT molecular complexity index is 741. The maximum absolute atomic E-state index is 13.6. The monoisotopic (exact) mass is 329 g/mol. The third-order valence-electron chi connectivity index (χ3n) is 3.76. The highest BCUT2D eigenvalue weighted by Crippen LogP contribution is 2.36. The number of rotatable bonds is 6. The number of esters is 1. The van der Waals surface area contributed by atoms with Gasteiger partial charge in [-0.25, -0.2) is 8.78 Å². The molecule has 0 aromatic heterocycles. The highest BCUT2D eigenvalue weighted by Gasteiger charge is 2.28. The molecule has 3 nitrogen and oxygen atoms in total. The summed E-state index contributed by atoms with van der Waals surface area (Å²) in [6, 6.07) is 14.5. The number of ether oxygens (including phenoxy) is 1. The van der Waals surface area contributed by atoms with Gasteiger partial charge in [0.15, 0.2) is 11.6 Å². The molecule has 0 aliphatic carbocycles. The van der Waals surface area contributed by atoms with Crippen LogP contribution in [0.25, 0.3) is 0 Å². The van der Waals surface area contributed by atoms with Crippen molar-refractivity contribution in [2.24, 2.45) is 0 Å². The second kappa shape index (κ2) is 8.21. The summed E-state index contributed by atoms with van der Waals surface area (Å²) in [5.74, 6) is -3.77. The lowest BCUT2D eigenvalue weighted by atomic mass is 9.80. The van der Waals surface area contributed by atoms with Gasteiger partial charge in [0.25, 0.3) is 0 Å². The zero-order chi connectivity index (χ0) is 17.5. The molecule has 0 amide bonds. The van der Waals surface area contributed by atoms with E-state index in [1.165, 1.54) is 6.07 Å². The van der Waals surface area contributed by atoms with Gasteiger partial charge in [-0.15, -0.1) is 0 Å². The largest absolute Gasteiger partial charge is 0.466 e. The Morgan fingerprint density at radius 3 is 2.42 bits per heavy atom. The number of halogens is 2. The van der Waals surface area contributed by atoms with Gasteiger partial charge in [0.05, 0.1) is 25.0 Å². The molecule has 0 fully saturated rings. The van der Waals surface area contributed by atoms with Crippen LogP contribution in [-0.4, -0.2) is 12.6 Å². The van der Waals surface area contributed by atoms with Gasteiger partial charge in [-0.2, -0.15) is 5.26 Å². The van der Waals surface area contributed by atoms with E-state index in [9.17, 15) is 18.8 Å². The third-order valence-corrected chi connectivity index (χ3v) is 3.76. The molecule has 0 spiro atoms. The van der Waals surface area contributed by atoms with Crippen LogP contribution in [0.4, 0.5) is 8.78 Å². The maximum Gasteiger partial charge on any atom is 0.306 e. The van der Waals surface area contributed by atoms with Crippen molar-refractivity contribution in [2.75, 3.05) is 6.61 Å². The first kappa shape index (κ1) is 17.6. The summed E-state index contributed by atoms with van der Waals surface area (Å²) in [5, 5.41) is 9.61. The van der Waals surface area contributed by atoms with E-state index >= 15 is 0 Å². The third kappa shape index (κ3) is 4.17. The molecular weight excluding hydrogens is 312 g/mol. The summed E-state index contributed by atoms with van der Waals surface area (Å²) >= 11 is 0. The lowest BCUT2D eigenvalue weighted by Gasteiger charge is -2.22. The van der Waals surface area contributed by atoms with Crippen molar-refractivity contribution in [1.82, 2.24) is 0 Å². The second-order valence-electron chi connectivity index (χ2n) is 5.31. The number of hydrogen-bond acceptors (Lipinski definition) is 3. The average molecular weight is 329 g/mol. The average Bonchev–Trinajstić information content (AvgIpc) is 2.58. The molecule has 2 rings (SSSR count). The highest BCUT2D eigenvalue weighted by molar-refractivity contribution is 5.71. The minimum atomic E-state index is -1.01. The molecule has 2 aromatic rings. The van der Waals surface area contributed by atoms with Gasteiger partial charge in [-0.05, 0) is 30.2 Å². The minimum absolute atomic E-state index is 0.0912. The van der Waals surface area contributed by atoms with Gasteiger partial charge >= 0.3 is 5.97 Å². The van der Waals surface area contributed by atoms with E-state index in [0.717, 1.165) is 12.1 Å². The van der Waals surface area contributed by atoms with Crippen LogP contribution in [-0.2, 0) is 9.53 Å². The van der Waals surface area contributed by atoms with Crippen molar-refractivity contribution in [3.8, 4) is 6.07 Å². The normalized spacial score (nSPS) is 12.9. The van der Waals surface area contributed by atoms with Crippen LogP contribution < -0.4 is 0 Å². The summed E-state index contributed by atoms with van der Waals surface area (Å²) < 4.78 is 31.8. The molecule has 0 saturated heterocycles. The number of carbonyl (C=O) groups excluding carboxylic acids is 1. The molecule has 2 aromatic carbocycles. The van der Waals surface area contributed by atoms with Crippen LogP contribution in [0.1, 0.15) is 36.3 Å². The molecule has 0 bridgehead atoms. The van der Waals surface area contributed by atoms with Crippen LogP contribution >= 0.6 is 0 Å². The van der Waals surface area contributed by atoms with Crippen molar-refractivity contribution in [1.29, 1.82) is 5.26 Å². The molecule has 5 heteroatoms. The number of nitrogens with zero attached hydrogens (tertiary/aromatic N) is 1. The SMILES string of the molecule is CCOC(=O)CC(c1ccc(F)c(F)c1)C(C#N)c1ccccc1. The topological polar surface area (TPSA) is 50.1 Å². The Morgan fingerprint density at radius 1 is 1.12 bits per heavy atom. The molecule has 2 unspecified atom stereocenters. The Morgan fingerprint density at radius 2 is 1.83 bits per heavy atom. The number of nitriles is 1. The zero-order valence-electron chi connectivity index (χ0n) is 13.2. The van der Waals surface area contributed by atoms with Gasteiger partial charge in [-0.1, -0.05) is 36.4 Å². The lowest BCUT2D eigenvalue weighted by Crippen LogP contribution is -2.17. The molecule has 0 radical (unpaired) electrons. The lowest BCUT2D eigenvalue weighted by molar-refractivity contribution is -0.143. The van der Waals surface area contributed by atoms with Crippen LogP contribution in [0, 0.1) is 23.0 Å². The highest BCUT2D eigenvalue weighted by atomic mass is 19.2. The van der Waals surface area contributed by atoms with E-state index < -0.39 is 29.4 Å². The van der Waals surface area contributed by atoms with Gasteiger partial charge in [0, 0.05) is 5.92 Å². The van der Waals surface area contributed by atoms with E-state index in [1.807, 2.05) is 6.07 Å². The zero-order valence-corrected chi connectivity index (χ0v) is 13.2. The molecule has 0 aliphatic rings. The maximum atomic E-state index is 13.6. The Kier molecular flexibility index (Phi) is 6.02. The fraction of sp³-hybridized carbons (Fsp3) is 0.263. The molecule has 124 valence electrons. The van der Waals surface area contributed by atoms with Crippen LogP contribution in [0.15, 0.2) is 48.5 Å². The van der Waals surface area contributed by atoms with E-state index in [2.05, 4.69) is 6.07 Å². The minimum Gasteiger partial charge on any atom is -0.466 e. The number of hydrogen-bond donors (Lipinski definition) is 0. The van der Waals surface area contributed by atoms with Crippen molar-refractivity contribution in [2.45, 2.75) is 25.2 Å². The van der Waals surface area contributed by atoms with E-state index in [0.29, 0.717) is 11.1 Å². The van der Waals surface area contributed by atoms with E-state index in [-0.39, 0.29) is 13.0 Å². The van der Waals surface area contributed by atoms with Crippen molar-refractivity contribution >= 4 is 5.97 Å². The molecule has 0 aliphatic heterocycles. The van der Waals surface area contributed by atoms with Gasteiger partial charge in [0.2, 0.25) is 0 Å². The van der Waals surface area contributed by atoms with Crippen LogP contribution in [0.3, 0.4) is 0 Å². The molecule has 24 heavy (non-hydrogen) atoms. The van der Waals surface area contributed by atoms with Crippen molar-refractivity contribution < 1.29 is 18.3 Å². The first-order chi connectivity index (χ1) is 11.6. The summed E-state index contributed by atoms with van der Waals surface area (Å²) in [4.78, 5) is 11.9. The summed E-state index contributed by atoms with van der Waals surface area (Å²) in [6.07, 6.45) is -0.0912. The Labute approximate surface area is 139 Å². The molecular formula is C19H17F2NO2. The summed E-state index contributed by atoms with van der Waals surface area (Å²) in [7, 11) is 0. The van der Waals surface area contributed by atoms with Crippen molar-refractivity contribution in [3.05, 3.63) is 71.3 Å².